The second kappa shape index (κ2) is 14.9. The van der Waals surface area contributed by atoms with E-state index >= 15 is 0 Å². The van der Waals surface area contributed by atoms with Gasteiger partial charge in [-0.3, -0.25) is 0 Å². The lowest BCUT2D eigenvalue weighted by Gasteiger charge is -2.26. The first kappa shape index (κ1) is 33.9. The second-order valence-electron chi connectivity index (χ2n) is 14.2. The zero-order chi connectivity index (χ0) is 38.0. The smallest absolute Gasteiger partial charge is 0.135 e. The number of nitrogens with zero attached hydrogens (tertiary/aromatic N) is 1. The van der Waals surface area contributed by atoms with Gasteiger partial charge in [-0.2, -0.15) is 0 Å². The molecule has 0 unspecified atom stereocenters. The molecular weight excluding hydrogens is 693 g/mol. The van der Waals surface area contributed by atoms with E-state index in [1.54, 1.807) is 0 Å². The molecule has 0 fully saturated rings. The van der Waals surface area contributed by atoms with Crippen molar-refractivity contribution in [3.05, 3.63) is 224 Å². The summed E-state index contributed by atoms with van der Waals surface area (Å²) in [6.45, 7) is 0. The van der Waals surface area contributed by atoms with Gasteiger partial charge in [-0.05, 0) is 117 Å². The van der Waals surface area contributed by atoms with E-state index in [0.717, 1.165) is 66.9 Å². The van der Waals surface area contributed by atoms with Crippen LogP contribution in [0.15, 0.2) is 223 Å². The number of anilines is 4. The molecule has 0 saturated carbocycles. The third-order valence-corrected chi connectivity index (χ3v) is 10.7. The third-order valence-electron chi connectivity index (χ3n) is 10.7. The Labute approximate surface area is 332 Å². The van der Waals surface area contributed by atoms with Crippen LogP contribution in [0.25, 0.3) is 72.5 Å². The molecule has 1 aliphatic rings. The fourth-order valence-corrected chi connectivity index (χ4v) is 7.85. The van der Waals surface area contributed by atoms with Gasteiger partial charge in [0.2, 0.25) is 0 Å². The summed E-state index contributed by atoms with van der Waals surface area (Å²) < 4.78 is 6.38. The first-order valence-corrected chi connectivity index (χ1v) is 19.3. The Bertz CT molecular complexity index is 2950. The van der Waals surface area contributed by atoms with Crippen molar-refractivity contribution in [3.63, 3.8) is 0 Å². The molecule has 1 aliphatic heterocycles. The van der Waals surface area contributed by atoms with E-state index in [-0.39, 0.29) is 0 Å². The topological polar surface area (TPSA) is 28.4 Å². The van der Waals surface area contributed by atoms with Crippen LogP contribution in [-0.4, -0.2) is 0 Å². The van der Waals surface area contributed by atoms with E-state index in [4.69, 9.17) is 4.42 Å². The largest absolute Gasteiger partial charge is 0.456 e. The van der Waals surface area contributed by atoms with Crippen molar-refractivity contribution in [3.8, 4) is 44.5 Å². The van der Waals surface area contributed by atoms with Crippen molar-refractivity contribution in [2.24, 2.45) is 0 Å². The Hall–Kier alpha value is -7.62. The number of fused-ring (bicyclic) bond motifs is 6. The molecule has 10 rings (SSSR count). The molecule has 0 saturated heterocycles. The number of allylic oxidation sites excluding steroid dienone is 4. The highest BCUT2D eigenvalue weighted by molar-refractivity contribution is 6.08. The van der Waals surface area contributed by atoms with Gasteiger partial charge in [0.25, 0.3) is 0 Å². The summed E-state index contributed by atoms with van der Waals surface area (Å²) in [4.78, 5) is 2.33. The van der Waals surface area contributed by atoms with Crippen LogP contribution in [0.4, 0.5) is 22.7 Å². The molecule has 57 heavy (non-hydrogen) atoms. The van der Waals surface area contributed by atoms with Gasteiger partial charge < -0.3 is 14.6 Å². The third kappa shape index (κ3) is 6.73. The van der Waals surface area contributed by atoms with E-state index in [1.807, 2.05) is 18.4 Å². The van der Waals surface area contributed by atoms with Crippen molar-refractivity contribution in [1.29, 1.82) is 0 Å². The first-order chi connectivity index (χ1) is 28.2. The summed E-state index contributed by atoms with van der Waals surface area (Å²) in [6, 6.07) is 67.0. The van der Waals surface area contributed by atoms with Crippen LogP contribution >= 0.6 is 0 Å². The van der Waals surface area contributed by atoms with Gasteiger partial charge in [0.1, 0.15) is 11.2 Å². The van der Waals surface area contributed by atoms with Crippen molar-refractivity contribution in [2.45, 2.75) is 0 Å². The second-order valence-corrected chi connectivity index (χ2v) is 14.2. The number of benzene rings is 8. The molecule has 9 aromatic rings. The molecule has 8 aromatic carbocycles. The number of nitrogens with one attached hydrogen (secondary N) is 1. The van der Waals surface area contributed by atoms with Crippen molar-refractivity contribution >= 4 is 50.8 Å². The van der Waals surface area contributed by atoms with Crippen LogP contribution in [0.5, 0.6) is 0 Å². The quantitative estimate of drug-likeness (QED) is 0.185. The zero-order valence-electron chi connectivity index (χ0n) is 31.2. The molecule has 0 radical (unpaired) electrons. The maximum atomic E-state index is 6.38. The Kier molecular flexibility index (Phi) is 8.86. The fourth-order valence-electron chi connectivity index (χ4n) is 7.85. The van der Waals surface area contributed by atoms with Gasteiger partial charge in [0.05, 0.1) is 0 Å². The lowest BCUT2D eigenvalue weighted by molar-refractivity contribution is 0.669. The van der Waals surface area contributed by atoms with E-state index in [0.29, 0.717) is 0 Å². The maximum Gasteiger partial charge on any atom is 0.135 e. The Morgan fingerprint density at radius 3 is 1.63 bits per heavy atom. The monoisotopic (exact) mass is 730 g/mol. The summed E-state index contributed by atoms with van der Waals surface area (Å²) in [7, 11) is 0. The highest BCUT2D eigenvalue weighted by atomic mass is 16.3. The minimum Gasteiger partial charge on any atom is -0.456 e. The minimum atomic E-state index is 0.869. The van der Waals surface area contributed by atoms with Gasteiger partial charge in [-0.1, -0.05) is 146 Å². The van der Waals surface area contributed by atoms with Crippen LogP contribution in [0.3, 0.4) is 0 Å². The van der Waals surface area contributed by atoms with E-state index in [9.17, 15) is 0 Å². The van der Waals surface area contributed by atoms with Crippen LogP contribution in [0, 0.1) is 0 Å². The molecule has 0 amide bonds. The summed E-state index contributed by atoms with van der Waals surface area (Å²) in [6.07, 6.45) is 12.4. The number of hydrogen-bond donors (Lipinski definition) is 1. The van der Waals surface area contributed by atoms with Crippen LogP contribution in [0.2, 0.25) is 0 Å². The molecule has 0 atom stereocenters. The van der Waals surface area contributed by atoms with Crippen molar-refractivity contribution < 1.29 is 4.42 Å². The molecule has 2 heterocycles. The highest BCUT2D eigenvalue weighted by Gasteiger charge is 2.17. The van der Waals surface area contributed by atoms with Gasteiger partial charge in [-0.15, -0.1) is 0 Å². The standard InChI is InChI=1S/C54H38N2O/c1-2-12-34-55-52-19-11-10-18-49(52)48-31-24-42(35-44(48)17-5-1)41-22-28-46(29-23-41)56(45-26-20-40(21-27-45)38-13-6-3-7-14-38)47-30-33-54-51(37-47)50-36-43(25-32-53(50)57-54)39-15-8-4-9-16-39/h1-37,55H/b2-1-,17-5-,34-12+. The molecule has 0 aliphatic carbocycles. The van der Waals surface area contributed by atoms with Crippen molar-refractivity contribution in [2.75, 3.05) is 10.2 Å². The summed E-state index contributed by atoms with van der Waals surface area (Å²) in [5.41, 5.74) is 16.6. The average Bonchev–Trinajstić information content (AvgIpc) is 3.63. The van der Waals surface area contributed by atoms with Crippen molar-refractivity contribution in [1.82, 2.24) is 0 Å². The Balaban J connectivity index is 1.06. The molecule has 1 aromatic heterocycles. The van der Waals surface area contributed by atoms with E-state index in [1.165, 1.54) is 27.8 Å². The first-order valence-electron chi connectivity index (χ1n) is 19.3. The SMILES string of the molecule is C1=C\C=C\Nc2ccccc2-c2ccc(-c3ccc(N(c4ccc(-c5ccccc5)cc4)c4ccc5oc6ccc(-c7ccccc7)cc6c5c4)cc3)cc2\C=C/1. The molecule has 3 heteroatoms. The highest BCUT2D eigenvalue weighted by Crippen LogP contribution is 2.41. The van der Waals surface area contributed by atoms with Gasteiger partial charge in [-0.25, -0.2) is 0 Å². The Morgan fingerprint density at radius 2 is 0.895 bits per heavy atom. The number of hydrogen-bond acceptors (Lipinski definition) is 3. The Morgan fingerprint density at radius 1 is 0.368 bits per heavy atom. The number of rotatable bonds is 6. The molecular formula is C54H38N2O. The maximum absolute atomic E-state index is 6.38. The average molecular weight is 731 g/mol. The molecule has 270 valence electrons. The predicted octanol–water partition coefficient (Wildman–Crippen LogP) is 15.2. The van der Waals surface area contributed by atoms with E-state index < -0.39 is 0 Å². The summed E-state index contributed by atoms with van der Waals surface area (Å²) in [5, 5.41) is 5.64. The predicted molar refractivity (Wildman–Crippen MR) is 241 cm³/mol. The molecule has 1 N–H and O–H groups in total. The molecule has 0 bridgehead atoms. The zero-order valence-corrected chi connectivity index (χ0v) is 31.2. The lowest BCUT2D eigenvalue weighted by atomic mass is 9.93. The van der Waals surface area contributed by atoms with Crippen LogP contribution in [-0.2, 0) is 0 Å². The normalized spacial score (nSPS) is 13.8. The van der Waals surface area contributed by atoms with Gasteiger partial charge in [0.15, 0.2) is 0 Å². The minimum absolute atomic E-state index is 0.869. The lowest BCUT2D eigenvalue weighted by Crippen LogP contribution is -2.09. The fraction of sp³-hybridized carbons (Fsp3) is 0. The molecule has 0 spiro atoms. The van der Waals surface area contributed by atoms with Gasteiger partial charge >= 0.3 is 0 Å². The van der Waals surface area contributed by atoms with E-state index in [2.05, 4.69) is 217 Å². The number of para-hydroxylation sites is 1. The summed E-state index contributed by atoms with van der Waals surface area (Å²) in [5.74, 6) is 0. The molecule has 3 nitrogen and oxygen atoms in total. The van der Waals surface area contributed by atoms with Crippen LogP contribution < -0.4 is 10.2 Å². The number of furan rings is 1. The van der Waals surface area contributed by atoms with Crippen LogP contribution in [0.1, 0.15) is 5.56 Å². The summed E-state index contributed by atoms with van der Waals surface area (Å²) >= 11 is 0. The van der Waals surface area contributed by atoms with Gasteiger partial charge in [0, 0.05) is 45.3 Å².